The first-order valence-corrected chi connectivity index (χ1v) is 10.1. The van der Waals surface area contributed by atoms with E-state index in [1.54, 1.807) is 0 Å². The summed E-state index contributed by atoms with van der Waals surface area (Å²) in [6.07, 6.45) is 5.16. The quantitative estimate of drug-likeness (QED) is 0.783. The largest absolute Gasteiger partial charge is 0.286 e. The van der Waals surface area contributed by atoms with Crippen LogP contribution in [0, 0.1) is 5.92 Å². The predicted molar refractivity (Wildman–Crippen MR) is 102 cm³/mol. The van der Waals surface area contributed by atoms with Crippen molar-refractivity contribution in [3.8, 4) is 0 Å². The van der Waals surface area contributed by atoms with Gasteiger partial charge in [0.05, 0.1) is 16.0 Å². The zero-order chi connectivity index (χ0) is 18.8. The molecule has 2 aromatic heterocycles. The number of thiophene rings is 1. The first-order valence-electron chi connectivity index (χ1n) is 9.26. The van der Waals surface area contributed by atoms with E-state index >= 15 is 0 Å². The van der Waals surface area contributed by atoms with Crippen LogP contribution < -0.4 is 10.9 Å². The van der Waals surface area contributed by atoms with Crippen LogP contribution in [0.2, 0.25) is 0 Å². The number of amides is 1. The molecule has 0 atom stereocenters. The average molecular weight is 377 g/mol. The van der Waals surface area contributed by atoms with E-state index in [4.69, 9.17) is 0 Å². The van der Waals surface area contributed by atoms with E-state index in [2.05, 4.69) is 54.1 Å². The second-order valence-electron chi connectivity index (χ2n) is 8.08. The minimum atomic E-state index is -0.449. The molecule has 1 aliphatic carbocycles. The summed E-state index contributed by atoms with van der Waals surface area (Å²) < 4.78 is 1.88. The van der Waals surface area contributed by atoms with Crippen molar-refractivity contribution in [2.24, 2.45) is 5.92 Å². The normalized spacial score (nSPS) is 23.8. The standard InChI is InChI=1S/C18H28N6OS/c1-5-13-8-10-18(11-9-13,16-20-22-23-24(16)17(2,3)4)21-19-15(25)14-7-6-12-26-14/h6-7,12-13,21H,5,8-11H2,1-4H3,(H,19,25). The SMILES string of the molecule is CCC1CCC(NNC(=O)c2cccs2)(c2nnnn2C(C)(C)C)CC1. The molecule has 142 valence electrons. The first kappa shape index (κ1) is 19.0. The van der Waals surface area contributed by atoms with Crippen molar-refractivity contribution in [3.05, 3.63) is 28.2 Å². The van der Waals surface area contributed by atoms with Crippen LogP contribution in [0.3, 0.4) is 0 Å². The summed E-state index contributed by atoms with van der Waals surface area (Å²) >= 11 is 1.43. The second-order valence-corrected chi connectivity index (χ2v) is 9.02. The molecule has 0 saturated heterocycles. The maximum atomic E-state index is 12.4. The molecule has 0 radical (unpaired) electrons. The molecule has 0 unspecified atom stereocenters. The number of nitrogens with one attached hydrogen (secondary N) is 2. The average Bonchev–Trinajstić information content (AvgIpc) is 3.31. The van der Waals surface area contributed by atoms with Crippen molar-refractivity contribution in [2.75, 3.05) is 0 Å². The summed E-state index contributed by atoms with van der Waals surface area (Å²) in [4.78, 5) is 13.1. The number of carbonyl (C=O) groups is 1. The van der Waals surface area contributed by atoms with Crippen LogP contribution >= 0.6 is 11.3 Å². The van der Waals surface area contributed by atoms with Crippen LogP contribution in [0.15, 0.2) is 17.5 Å². The molecule has 1 fully saturated rings. The van der Waals surface area contributed by atoms with Gasteiger partial charge in [-0.05, 0) is 74.2 Å². The van der Waals surface area contributed by atoms with Crippen molar-refractivity contribution in [1.29, 1.82) is 0 Å². The molecular weight excluding hydrogens is 348 g/mol. The second kappa shape index (κ2) is 7.44. The smallest absolute Gasteiger partial charge is 0.275 e. The summed E-state index contributed by atoms with van der Waals surface area (Å²) in [6.45, 7) is 8.50. The van der Waals surface area contributed by atoms with Crippen molar-refractivity contribution < 1.29 is 4.79 Å². The summed E-state index contributed by atoms with van der Waals surface area (Å²) in [5, 5.41) is 14.4. The van der Waals surface area contributed by atoms with E-state index in [1.165, 1.54) is 17.8 Å². The lowest BCUT2D eigenvalue weighted by atomic mass is 9.75. The van der Waals surface area contributed by atoms with Crippen molar-refractivity contribution in [2.45, 2.75) is 70.9 Å². The van der Waals surface area contributed by atoms with Gasteiger partial charge in [0, 0.05) is 0 Å². The molecule has 0 spiro atoms. The minimum Gasteiger partial charge on any atom is -0.286 e. The van der Waals surface area contributed by atoms with Crippen molar-refractivity contribution >= 4 is 17.2 Å². The fourth-order valence-corrected chi connectivity index (χ4v) is 4.19. The molecule has 8 heteroatoms. The highest BCUT2D eigenvalue weighted by Crippen LogP contribution is 2.40. The van der Waals surface area contributed by atoms with Gasteiger partial charge in [-0.2, -0.15) is 0 Å². The molecule has 1 aliphatic rings. The number of carbonyl (C=O) groups excluding carboxylic acids is 1. The van der Waals surface area contributed by atoms with Gasteiger partial charge in [-0.1, -0.05) is 19.4 Å². The lowest BCUT2D eigenvalue weighted by molar-refractivity contribution is 0.0847. The molecule has 2 N–H and O–H groups in total. The number of hydrogen-bond donors (Lipinski definition) is 2. The zero-order valence-electron chi connectivity index (χ0n) is 16.0. The number of hydrazine groups is 1. The Hall–Kier alpha value is -1.80. The summed E-state index contributed by atoms with van der Waals surface area (Å²) in [6, 6.07) is 3.70. The van der Waals surface area contributed by atoms with Crippen LogP contribution in [-0.4, -0.2) is 26.1 Å². The molecule has 0 aliphatic heterocycles. The van der Waals surface area contributed by atoms with Gasteiger partial charge in [0.2, 0.25) is 0 Å². The third-order valence-electron chi connectivity index (χ3n) is 5.23. The van der Waals surface area contributed by atoms with E-state index in [0.29, 0.717) is 4.88 Å². The molecule has 2 aromatic rings. The maximum Gasteiger partial charge on any atom is 0.275 e. The Morgan fingerprint density at radius 1 is 1.38 bits per heavy atom. The van der Waals surface area contributed by atoms with Gasteiger partial charge < -0.3 is 0 Å². The van der Waals surface area contributed by atoms with E-state index in [9.17, 15) is 4.79 Å². The van der Waals surface area contributed by atoms with E-state index in [1.807, 2.05) is 22.2 Å². The molecule has 1 amide bonds. The fourth-order valence-electron chi connectivity index (χ4n) is 3.57. The first-order chi connectivity index (χ1) is 12.4. The van der Waals surface area contributed by atoms with Crippen LogP contribution in [0.4, 0.5) is 0 Å². The van der Waals surface area contributed by atoms with Gasteiger partial charge in [-0.15, -0.1) is 16.4 Å². The van der Waals surface area contributed by atoms with Crippen LogP contribution in [-0.2, 0) is 11.1 Å². The van der Waals surface area contributed by atoms with Gasteiger partial charge in [0.25, 0.3) is 5.91 Å². The Balaban J connectivity index is 1.86. The van der Waals surface area contributed by atoms with Crippen molar-refractivity contribution in [1.82, 2.24) is 31.1 Å². The number of hydrogen-bond acceptors (Lipinski definition) is 6. The lowest BCUT2D eigenvalue weighted by Gasteiger charge is -2.40. The van der Waals surface area contributed by atoms with E-state index in [-0.39, 0.29) is 11.4 Å². The summed E-state index contributed by atoms with van der Waals surface area (Å²) in [7, 11) is 0. The fraction of sp³-hybridized carbons (Fsp3) is 0.667. The minimum absolute atomic E-state index is 0.119. The van der Waals surface area contributed by atoms with Gasteiger partial charge in [0.1, 0.15) is 0 Å². The van der Waals surface area contributed by atoms with Gasteiger partial charge in [0.15, 0.2) is 5.82 Å². The van der Waals surface area contributed by atoms with Crippen LogP contribution in [0.1, 0.15) is 75.3 Å². The topological polar surface area (TPSA) is 84.7 Å². The Kier molecular flexibility index (Phi) is 5.43. The number of aromatic nitrogens is 4. The number of nitrogens with zero attached hydrogens (tertiary/aromatic N) is 4. The summed E-state index contributed by atoms with van der Waals surface area (Å²) in [5.74, 6) is 1.40. The number of rotatable bonds is 5. The molecule has 0 bridgehead atoms. The molecular formula is C18H28N6OS. The van der Waals surface area contributed by atoms with Gasteiger partial charge in [-0.3, -0.25) is 10.2 Å². The van der Waals surface area contributed by atoms with Crippen molar-refractivity contribution in [3.63, 3.8) is 0 Å². The Bertz CT molecular complexity index is 725. The molecule has 1 saturated carbocycles. The maximum absolute atomic E-state index is 12.4. The predicted octanol–water partition coefficient (Wildman–Crippen LogP) is 3.22. The molecule has 7 nitrogen and oxygen atoms in total. The van der Waals surface area contributed by atoms with E-state index < -0.39 is 5.54 Å². The summed E-state index contributed by atoms with van der Waals surface area (Å²) in [5.41, 5.74) is 5.56. The highest BCUT2D eigenvalue weighted by Gasteiger charge is 2.42. The van der Waals surface area contributed by atoms with E-state index in [0.717, 1.165) is 37.4 Å². The van der Waals surface area contributed by atoms with Crippen LogP contribution in [0.5, 0.6) is 0 Å². The Labute approximate surface area is 158 Å². The lowest BCUT2D eigenvalue weighted by Crippen LogP contribution is -2.55. The third kappa shape index (κ3) is 3.81. The van der Waals surface area contributed by atoms with Gasteiger partial charge >= 0.3 is 0 Å². The van der Waals surface area contributed by atoms with Gasteiger partial charge in [-0.25, -0.2) is 10.1 Å². The molecule has 26 heavy (non-hydrogen) atoms. The number of tetrazole rings is 1. The Morgan fingerprint density at radius 2 is 2.12 bits per heavy atom. The molecule has 0 aromatic carbocycles. The zero-order valence-corrected chi connectivity index (χ0v) is 16.8. The molecule has 3 rings (SSSR count). The highest BCUT2D eigenvalue weighted by atomic mass is 32.1. The molecule has 2 heterocycles. The highest BCUT2D eigenvalue weighted by molar-refractivity contribution is 7.12. The van der Waals surface area contributed by atoms with Crippen LogP contribution in [0.25, 0.3) is 0 Å². The monoisotopic (exact) mass is 376 g/mol. The Morgan fingerprint density at radius 3 is 2.69 bits per heavy atom. The third-order valence-corrected chi connectivity index (χ3v) is 6.10.